The molecule has 0 atom stereocenters. The Labute approximate surface area is 209 Å². The third kappa shape index (κ3) is 7.08. The Kier molecular flexibility index (Phi) is 9.52. The van der Waals surface area contributed by atoms with E-state index in [1.54, 1.807) is 22.8 Å². The molecule has 196 valence electrons. The summed E-state index contributed by atoms with van der Waals surface area (Å²) >= 11 is 0. The molecule has 0 spiro atoms. The van der Waals surface area contributed by atoms with E-state index in [0.29, 0.717) is 31.8 Å². The average Bonchev–Trinajstić information content (AvgIpc) is 2.76. The highest BCUT2D eigenvalue weighted by atomic mass is 16.6. The number of aromatic nitrogens is 1. The van der Waals surface area contributed by atoms with Crippen LogP contribution in [0.15, 0.2) is 6.07 Å². The highest BCUT2D eigenvalue weighted by molar-refractivity contribution is 6.04. The first-order valence-electron chi connectivity index (χ1n) is 12.4. The van der Waals surface area contributed by atoms with Gasteiger partial charge >= 0.3 is 12.1 Å². The number of carbonyl (C=O) groups is 3. The van der Waals surface area contributed by atoms with Crippen LogP contribution < -0.4 is 4.74 Å². The van der Waals surface area contributed by atoms with E-state index in [-0.39, 0.29) is 47.9 Å². The quantitative estimate of drug-likeness (QED) is 0.512. The Balaban J connectivity index is 2.42. The van der Waals surface area contributed by atoms with E-state index in [2.05, 4.69) is 4.98 Å². The third-order valence-electron chi connectivity index (χ3n) is 5.84. The summed E-state index contributed by atoms with van der Waals surface area (Å²) in [4.78, 5) is 46.7. The molecule has 35 heavy (non-hydrogen) atoms. The maximum absolute atomic E-state index is 13.5. The number of hydrogen-bond acceptors (Lipinski definition) is 7. The normalized spacial score (nSPS) is 14.8. The molecule has 2 amide bonds. The van der Waals surface area contributed by atoms with Crippen LogP contribution >= 0.6 is 0 Å². The fourth-order valence-electron chi connectivity index (χ4n) is 4.38. The maximum Gasteiger partial charge on any atom is 0.410 e. The molecule has 0 unspecified atom stereocenters. The van der Waals surface area contributed by atoms with Crippen molar-refractivity contribution in [3.63, 3.8) is 0 Å². The molecule has 2 rings (SSSR count). The highest BCUT2D eigenvalue weighted by Crippen LogP contribution is 2.35. The number of piperidine rings is 1. The summed E-state index contributed by atoms with van der Waals surface area (Å²) in [7, 11) is 1.50. The first kappa shape index (κ1) is 28.4. The predicted octanol–water partition coefficient (Wildman–Crippen LogP) is 4.64. The molecule has 1 aromatic heterocycles. The Morgan fingerprint density at radius 2 is 1.69 bits per heavy atom. The zero-order valence-corrected chi connectivity index (χ0v) is 22.6. The van der Waals surface area contributed by atoms with Gasteiger partial charge in [-0.05, 0) is 80.2 Å². The lowest BCUT2D eigenvalue weighted by atomic mass is 9.88. The fraction of sp³-hybridized carbons (Fsp3) is 0.692. The lowest BCUT2D eigenvalue weighted by Gasteiger charge is -2.34. The molecule has 9 heteroatoms. The van der Waals surface area contributed by atoms with Gasteiger partial charge in [-0.2, -0.15) is 0 Å². The van der Waals surface area contributed by atoms with Gasteiger partial charge in [0.25, 0.3) is 5.91 Å². The number of ether oxygens (including phenoxy) is 3. The minimum Gasteiger partial charge on any atom is -0.481 e. The molecule has 0 N–H and O–H groups in total. The van der Waals surface area contributed by atoms with Crippen LogP contribution in [-0.2, 0) is 9.47 Å². The Morgan fingerprint density at radius 3 is 2.14 bits per heavy atom. The van der Waals surface area contributed by atoms with Crippen LogP contribution in [0, 0.1) is 0 Å². The van der Waals surface area contributed by atoms with Crippen molar-refractivity contribution in [2.75, 3.05) is 26.8 Å². The summed E-state index contributed by atoms with van der Waals surface area (Å²) in [6, 6.07) is 1.52. The molecule has 1 saturated heterocycles. The second-order valence-electron chi connectivity index (χ2n) is 10.3. The molecule has 0 radical (unpaired) electrons. The summed E-state index contributed by atoms with van der Waals surface area (Å²) in [5.41, 5.74) is 0.334. The summed E-state index contributed by atoms with van der Waals surface area (Å²) in [6.07, 6.45) is 0.963. The molecular weight excluding hydrogens is 450 g/mol. The van der Waals surface area contributed by atoms with Gasteiger partial charge in [0.15, 0.2) is 0 Å². The molecule has 0 aliphatic carbocycles. The third-order valence-corrected chi connectivity index (χ3v) is 5.84. The number of esters is 1. The van der Waals surface area contributed by atoms with Crippen molar-refractivity contribution in [3.05, 3.63) is 22.9 Å². The van der Waals surface area contributed by atoms with Crippen LogP contribution in [0.1, 0.15) is 101 Å². The standard InChI is InChI=1S/C26H41N3O6/c1-10-34-24(31)20-15-19(18-11-13-28(14-12-18)25(32)35-26(6,7)8)22(33-9)27-21(20)23(30)29(16(2)3)17(4)5/h15-18H,10-14H2,1-9H3. The number of likely N-dealkylation sites (tertiary alicyclic amines) is 1. The van der Waals surface area contributed by atoms with E-state index in [4.69, 9.17) is 14.2 Å². The first-order chi connectivity index (χ1) is 16.3. The van der Waals surface area contributed by atoms with Gasteiger partial charge in [-0.3, -0.25) is 4.79 Å². The summed E-state index contributed by atoms with van der Waals surface area (Å²) in [5, 5.41) is 0. The number of amides is 2. The summed E-state index contributed by atoms with van der Waals surface area (Å²) in [5.74, 6) is -0.627. The molecule has 0 aromatic carbocycles. The van der Waals surface area contributed by atoms with Gasteiger partial charge in [-0.25, -0.2) is 14.6 Å². The van der Waals surface area contributed by atoms with E-state index in [1.165, 1.54) is 7.11 Å². The molecule has 1 aliphatic heterocycles. The van der Waals surface area contributed by atoms with Gasteiger partial charge in [-0.1, -0.05) is 0 Å². The van der Waals surface area contributed by atoms with Gasteiger partial charge in [0.1, 0.15) is 11.3 Å². The van der Waals surface area contributed by atoms with Gasteiger partial charge < -0.3 is 24.0 Å². The van der Waals surface area contributed by atoms with E-state index in [0.717, 1.165) is 5.56 Å². The van der Waals surface area contributed by atoms with Crippen LogP contribution in [0.4, 0.5) is 4.79 Å². The fourth-order valence-corrected chi connectivity index (χ4v) is 4.38. The maximum atomic E-state index is 13.5. The smallest absolute Gasteiger partial charge is 0.410 e. The van der Waals surface area contributed by atoms with Crippen LogP contribution in [0.2, 0.25) is 0 Å². The lowest BCUT2D eigenvalue weighted by Crippen LogP contribution is -2.43. The van der Waals surface area contributed by atoms with Crippen molar-refractivity contribution in [2.24, 2.45) is 0 Å². The largest absolute Gasteiger partial charge is 0.481 e. The summed E-state index contributed by atoms with van der Waals surface area (Å²) < 4.78 is 16.3. The average molecular weight is 492 g/mol. The van der Waals surface area contributed by atoms with E-state index < -0.39 is 11.6 Å². The molecule has 1 aliphatic rings. The predicted molar refractivity (Wildman–Crippen MR) is 133 cm³/mol. The van der Waals surface area contributed by atoms with Gasteiger partial charge in [0, 0.05) is 30.7 Å². The van der Waals surface area contributed by atoms with E-state index in [9.17, 15) is 14.4 Å². The monoisotopic (exact) mass is 491 g/mol. The SMILES string of the molecule is CCOC(=O)c1cc(C2CCN(C(=O)OC(C)(C)C)CC2)c(OC)nc1C(=O)N(C(C)C)C(C)C. The van der Waals surface area contributed by atoms with Crippen molar-refractivity contribution in [2.45, 2.75) is 91.8 Å². The van der Waals surface area contributed by atoms with Crippen molar-refractivity contribution in [3.8, 4) is 5.88 Å². The van der Waals surface area contributed by atoms with Crippen molar-refractivity contribution < 1.29 is 28.6 Å². The first-order valence-corrected chi connectivity index (χ1v) is 12.4. The van der Waals surface area contributed by atoms with Crippen LogP contribution in [0.25, 0.3) is 0 Å². The zero-order valence-electron chi connectivity index (χ0n) is 22.6. The van der Waals surface area contributed by atoms with Crippen molar-refractivity contribution >= 4 is 18.0 Å². The zero-order chi connectivity index (χ0) is 26.5. The van der Waals surface area contributed by atoms with Gasteiger partial charge in [-0.15, -0.1) is 0 Å². The molecule has 1 aromatic rings. The molecule has 1 fully saturated rings. The molecule has 2 heterocycles. The minimum absolute atomic E-state index is 0.000217. The molecule has 9 nitrogen and oxygen atoms in total. The number of rotatable bonds is 7. The number of carbonyl (C=O) groups excluding carboxylic acids is 3. The second kappa shape index (κ2) is 11.7. The number of nitrogens with zero attached hydrogens (tertiary/aromatic N) is 3. The van der Waals surface area contributed by atoms with Gasteiger partial charge in [0.2, 0.25) is 5.88 Å². The molecule has 0 saturated carbocycles. The van der Waals surface area contributed by atoms with Crippen LogP contribution in [0.5, 0.6) is 5.88 Å². The topological polar surface area (TPSA) is 98.3 Å². The molecular formula is C26H41N3O6. The number of hydrogen-bond donors (Lipinski definition) is 0. The Morgan fingerprint density at radius 1 is 1.11 bits per heavy atom. The summed E-state index contributed by atoms with van der Waals surface area (Å²) in [6.45, 7) is 16.1. The number of methoxy groups -OCH3 is 1. The lowest BCUT2D eigenvalue weighted by molar-refractivity contribution is 0.0204. The number of pyridine rings is 1. The Hall–Kier alpha value is -2.84. The minimum atomic E-state index is -0.592. The Bertz CT molecular complexity index is 906. The van der Waals surface area contributed by atoms with Crippen molar-refractivity contribution in [1.29, 1.82) is 0 Å². The highest BCUT2D eigenvalue weighted by Gasteiger charge is 2.33. The van der Waals surface area contributed by atoms with E-state index in [1.807, 2.05) is 48.5 Å². The second-order valence-corrected chi connectivity index (χ2v) is 10.3. The van der Waals surface area contributed by atoms with E-state index >= 15 is 0 Å². The molecule has 0 bridgehead atoms. The van der Waals surface area contributed by atoms with Crippen molar-refractivity contribution in [1.82, 2.24) is 14.8 Å². The van der Waals surface area contributed by atoms with Crippen LogP contribution in [0.3, 0.4) is 0 Å². The van der Waals surface area contributed by atoms with Gasteiger partial charge in [0.05, 0.1) is 19.3 Å². The van der Waals surface area contributed by atoms with Crippen LogP contribution in [-0.4, -0.2) is 77.2 Å².